The monoisotopic (exact) mass is 945 g/mol. The molecule has 7 aromatic rings. The molecule has 2 aliphatic heterocycles. The van der Waals surface area contributed by atoms with Gasteiger partial charge >= 0.3 is 11.6 Å². The summed E-state index contributed by atoms with van der Waals surface area (Å²) in [5.74, 6) is -0.802. The number of ether oxygens (including phenoxy) is 1. The van der Waals surface area contributed by atoms with Gasteiger partial charge in [-0.1, -0.05) is 157 Å². The second kappa shape index (κ2) is 20.1. The lowest BCUT2D eigenvalue weighted by Gasteiger charge is -2.49. The number of thiazole rings is 1. The largest absolute Gasteiger partial charge is 0.448 e. The van der Waals surface area contributed by atoms with E-state index in [2.05, 4.69) is 52.2 Å². The molecule has 0 bridgehead atoms. The maximum absolute atomic E-state index is 14.6. The number of benzene rings is 5. The number of carbonyl (C=O) groups is 3. The van der Waals surface area contributed by atoms with Crippen molar-refractivity contribution in [3.63, 3.8) is 0 Å². The Kier molecular flexibility index (Phi) is 13.5. The smallest absolute Gasteiger partial charge is 0.356 e. The molecule has 9 rings (SSSR count). The van der Waals surface area contributed by atoms with Crippen molar-refractivity contribution in [1.29, 1.82) is 0 Å². The summed E-state index contributed by atoms with van der Waals surface area (Å²) >= 11 is 4.06. The van der Waals surface area contributed by atoms with Crippen LogP contribution in [-0.4, -0.2) is 63.4 Å². The van der Waals surface area contributed by atoms with Gasteiger partial charge in [0.25, 0.3) is 11.8 Å². The zero-order valence-electron chi connectivity index (χ0n) is 36.2. The fourth-order valence-corrected chi connectivity index (χ4v) is 11.5. The van der Waals surface area contributed by atoms with Gasteiger partial charge in [0.15, 0.2) is 16.9 Å². The first-order valence-electron chi connectivity index (χ1n) is 21.3. The number of thioether (sulfide) groups is 2. The third-order valence-corrected chi connectivity index (χ3v) is 14.5. The Balaban J connectivity index is 0.990. The van der Waals surface area contributed by atoms with Gasteiger partial charge in [-0.25, -0.2) is 14.6 Å². The van der Waals surface area contributed by atoms with Crippen LogP contribution in [0.1, 0.15) is 45.4 Å². The highest BCUT2D eigenvalue weighted by Gasteiger charge is 2.55. The van der Waals surface area contributed by atoms with Crippen LogP contribution in [0, 0.1) is 6.92 Å². The molecule has 1 fully saturated rings. The van der Waals surface area contributed by atoms with Gasteiger partial charge in [-0.05, 0) is 46.4 Å². The second-order valence-electron chi connectivity index (χ2n) is 15.6. The molecule has 0 spiro atoms. The van der Waals surface area contributed by atoms with Gasteiger partial charge < -0.3 is 24.6 Å². The van der Waals surface area contributed by atoms with Gasteiger partial charge in [0, 0.05) is 27.8 Å². The molecule has 2 aliphatic rings. The lowest BCUT2D eigenvalue weighted by Crippen LogP contribution is -2.71. The van der Waals surface area contributed by atoms with Gasteiger partial charge in [-0.3, -0.25) is 14.5 Å². The number of amides is 2. The van der Waals surface area contributed by atoms with Crippen LogP contribution in [0.5, 0.6) is 0 Å². The Hall–Kier alpha value is -7.20. The van der Waals surface area contributed by atoms with E-state index in [0.717, 1.165) is 27.8 Å². The molecule has 2 aromatic heterocycles. The molecular weight excluding hydrogens is 903 g/mol. The Morgan fingerprint density at radius 1 is 0.836 bits per heavy atom. The summed E-state index contributed by atoms with van der Waals surface area (Å²) in [6, 6.07) is 51.1. The molecule has 0 unspecified atom stereocenters. The number of aromatic nitrogens is 1. The molecule has 2 N–H and O–H groups in total. The van der Waals surface area contributed by atoms with Crippen LogP contribution in [-0.2, 0) is 29.5 Å². The molecule has 67 heavy (non-hydrogen) atoms. The minimum atomic E-state index is -1.02. The number of β-lactam (4-membered cyclic amide) rings is 1. The molecule has 5 aromatic carbocycles. The number of rotatable bonds is 16. The Labute approximate surface area is 399 Å². The molecular formula is C52H43N5O7S3. The molecule has 15 heteroatoms. The van der Waals surface area contributed by atoms with Gasteiger partial charge in [-0.15, -0.1) is 34.9 Å². The highest BCUT2D eigenvalue weighted by Crippen LogP contribution is 2.44. The van der Waals surface area contributed by atoms with E-state index in [9.17, 15) is 19.2 Å². The summed E-state index contributed by atoms with van der Waals surface area (Å²) in [6.45, 7) is 1.69. The van der Waals surface area contributed by atoms with Gasteiger partial charge in [-0.2, -0.15) is 0 Å². The maximum Gasteiger partial charge on any atom is 0.356 e. The topological polar surface area (TPSA) is 152 Å². The molecule has 0 aliphatic carbocycles. The van der Waals surface area contributed by atoms with E-state index in [1.807, 2.05) is 115 Å². The Bertz CT molecular complexity index is 2870. The number of fused-ring (bicyclic) bond motifs is 1. The van der Waals surface area contributed by atoms with Crippen molar-refractivity contribution in [2.24, 2.45) is 5.16 Å². The molecule has 2 atom stereocenters. The van der Waals surface area contributed by atoms with E-state index in [0.29, 0.717) is 27.1 Å². The van der Waals surface area contributed by atoms with Crippen molar-refractivity contribution in [2.75, 3.05) is 23.9 Å². The van der Waals surface area contributed by atoms with Crippen LogP contribution in [0.3, 0.4) is 0 Å². The van der Waals surface area contributed by atoms with Crippen molar-refractivity contribution in [3.05, 3.63) is 230 Å². The van der Waals surface area contributed by atoms with Crippen LogP contribution in [0.15, 0.2) is 200 Å². The van der Waals surface area contributed by atoms with Crippen LogP contribution < -0.4 is 16.3 Å². The summed E-state index contributed by atoms with van der Waals surface area (Å²) in [7, 11) is 1.33. The first-order valence-corrected chi connectivity index (χ1v) is 24.2. The van der Waals surface area contributed by atoms with E-state index >= 15 is 0 Å². The second-order valence-corrected chi connectivity index (χ2v) is 18.6. The molecule has 2 amide bonds. The lowest BCUT2D eigenvalue weighted by atomic mass is 9.77. The van der Waals surface area contributed by atoms with Crippen LogP contribution in [0.4, 0.5) is 5.13 Å². The first kappa shape index (κ1) is 45.0. The van der Waals surface area contributed by atoms with Gasteiger partial charge in [0.2, 0.25) is 0 Å². The van der Waals surface area contributed by atoms with E-state index in [1.54, 1.807) is 18.4 Å². The number of nitrogens with zero attached hydrogens (tertiary/aromatic N) is 3. The normalized spacial score (nSPS) is 16.0. The average Bonchev–Trinajstić information content (AvgIpc) is 3.83. The molecule has 0 saturated carbocycles. The quantitative estimate of drug-likeness (QED) is 0.0239. The standard InChI is InChI=1S/C52H43N5O7S3/c1-33-28-40(29-42(58)63-33)65-30-36-31-66-49-44(48(60)57(49)45(36)50(61)64-46(34-18-8-3-9-19-34)35-20-10-4-11-21-35)54-47(59)43(56-62-2)41-32-67-51(53-41)55-52(37-22-12-5-13-23-37,38-24-14-6-15-25-38)39-26-16-7-17-27-39/h3-29,32,44,46,49H,30-31H2,1-2H3,(H,53,55)(H,54,59)/b56-43+/t44-,49-/m1/s1. The SMILES string of the molecule is CO/N=C(/C(=O)N[C@@H]1C(=O)N2C(C(=O)OC(c3ccccc3)c3ccccc3)=C(CSc3cc(C)oc(=O)c3)CS[C@H]12)c1csc(NC(c2ccccc2)(c2ccccc2)c2ccccc2)n1. The number of carbonyl (C=O) groups excluding carboxylic acids is 3. The van der Waals surface area contributed by atoms with Crippen molar-refractivity contribution in [3.8, 4) is 0 Å². The van der Waals surface area contributed by atoms with Gasteiger partial charge in [0.1, 0.15) is 41.2 Å². The van der Waals surface area contributed by atoms with Gasteiger partial charge in [0.05, 0.1) is 0 Å². The summed E-state index contributed by atoms with van der Waals surface area (Å²) in [5.41, 5.74) is 3.91. The highest BCUT2D eigenvalue weighted by atomic mass is 32.2. The number of esters is 1. The minimum absolute atomic E-state index is 0.100. The van der Waals surface area contributed by atoms with Crippen LogP contribution in [0.2, 0.25) is 0 Å². The zero-order chi connectivity index (χ0) is 46.3. The predicted molar refractivity (Wildman–Crippen MR) is 262 cm³/mol. The lowest BCUT2D eigenvalue weighted by molar-refractivity contribution is -0.154. The summed E-state index contributed by atoms with van der Waals surface area (Å²) in [4.78, 5) is 67.6. The molecule has 336 valence electrons. The van der Waals surface area contributed by atoms with E-state index in [-0.39, 0.29) is 22.9 Å². The van der Waals surface area contributed by atoms with E-state index in [4.69, 9.17) is 19.0 Å². The molecule has 1 saturated heterocycles. The fraction of sp³-hybridized carbons (Fsp3) is 0.154. The number of oxime groups is 1. The highest BCUT2D eigenvalue weighted by molar-refractivity contribution is 8.01. The maximum atomic E-state index is 14.6. The number of anilines is 1. The summed E-state index contributed by atoms with van der Waals surface area (Å²) in [6.07, 6.45) is -0.777. The average molecular weight is 946 g/mol. The third-order valence-electron chi connectivity index (χ3n) is 11.3. The number of nitrogens with one attached hydrogen (secondary N) is 2. The minimum Gasteiger partial charge on any atom is -0.448 e. The van der Waals surface area contributed by atoms with Crippen molar-refractivity contribution < 1.29 is 28.4 Å². The van der Waals surface area contributed by atoms with E-state index in [1.165, 1.54) is 52.9 Å². The van der Waals surface area contributed by atoms with Crippen LogP contribution >= 0.6 is 34.9 Å². The van der Waals surface area contributed by atoms with Crippen molar-refractivity contribution >= 4 is 63.5 Å². The number of hydrogen-bond donors (Lipinski definition) is 2. The summed E-state index contributed by atoms with van der Waals surface area (Å²) in [5, 5.41) is 12.3. The van der Waals surface area contributed by atoms with Crippen molar-refractivity contribution in [2.45, 2.75) is 34.9 Å². The Morgan fingerprint density at radius 2 is 1.39 bits per heavy atom. The number of aryl methyl sites for hydroxylation is 1. The molecule has 12 nitrogen and oxygen atoms in total. The van der Waals surface area contributed by atoms with Crippen molar-refractivity contribution in [1.82, 2.24) is 15.2 Å². The van der Waals surface area contributed by atoms with E-state index < -0.39 is 46.5 Å². The summed E-state index contributed by atoms with van der Waals surface area (Å²) < 4.78 is 11.5. The molecule has 4 heterocycles. The number of hydrogen-bond acceptors (Lipinski definition) is 13. The Morgan fingerprint density at radius 3 is 1.93 bits per heavy atom. The van der Waals surface area contributed by atoms with Crippen LogP contribution in [0.25, 0.3) is 0 Å². The fourth-order valence-electron chi connectivity index (χ4n) is 8.25. The predicted octanol–water partition coefficient (Wildman–Crippen LogP) is 8.94. The molecule has 0 radical (unpaired) electrons. The first-order chi connectivity index (χ1) is 32.7. The zero-order valence-corrected chi connectivity index (χ0v) is 38.7. The third kappa shape index (κ3) is 9.43.